The summed E-state index contributed by atoms with van der Waals surface area (Å²) in [4.78, 5) is 16.9. The van der Waals surface area contributed by atoms with E-state index in [1.165, 1.54) is 11.3 Å². The number of nitriles is 1. The van der Waals surface area contributed by atoms with E-state index in [1.54, 1.807) is 7.11 Å². The zero-order valence-electron chi connectivity index (χ0n) is 27.5. The number of hydrogen-bond donors (Lipinski definition) is 1. The fourth-order valence-electron chi connectivity index (χ4n) is 9.40. The van der Waals surface area contributed by atoms with Crippen molar-refractivity contribution >= 4 is 43.1 Å². The van der Waals surface area contributed by atoms with E-state index in [2.05, 4.69) is 20.8 Å². The van der Waals surface area contributed by atoms with Gasteiger partial charge in [0.05, 0.1) is 36.3 Å². The molecule has 10 nitrogen and oxygen atoms in total. The summed E-state index contributed by atoms with van der Waals surface area (Å²) in [5.41, 5.74) is 8.98. The van der Waals surface area contributed by atoms with Gasteiger partial charge in [-0.3, -0.25) is 9.80 Å². The largest absolute Gasteiger partial charge is 0.461 e. The zero-order valence-corrected chi connectivity index (χ0v) is 28.3. The molecule has 4 saturated heterocycles. The highest BCUT2D eigenvalue weighted by Gasteiger charge is 2.50. The number of hydrogen-bond acceptors (Lipinski definition) is 11. The molecular formula is C36H39F2N7O3S. The summed E-state index contributed by atoms with van der Waals surface area (Å²) in [5, 5.41) is 11.8. The number of ether oxygens (including phenoxy) is 3. The molecule has 9 rings (SSSR count). The summed E-state index contributed by atoms with van der Waals surface area (Å²) in [7, 11) is 1.73. The molecule has 0 spiro atoms. The third kappa shape index (κ3) is 4.90. The zero-order chi connectivity index (χ0) is 33.4. The maximum absolute atomic E-state index is 17.5. The molecule has 4 aromatic rings. The first-order valence-electron chi connectivity index (χ1n) is 17.2. The van der Waals surface area contributed by atoms with Crippen molar-refractivity contribution in [3.05, 3.63) is 40.7 Å². The summed E-state index contributed by atoms with van der Waals surface area (Å²) >= 11 is 1.32. The Morgan fingerprint density at radius 1 is 1.14 bits per heavy atom. The van der Waals surface area contributed by atoms with E-state index in [1.807, 2.05) is 18.2 Å². The molecule has 7 heterocycles. The van der Waals surface area contributed by atoms with Crippen LogP contribution in [-0.2, 0) is 22.7 Å². The number of benzene rings is 2. The molecule has 4 atom stereocenters. The first-order valence-corrected chi connectivity index (χ1v) is 18.1. The number of piperazine rings is 1. The van der Waals surface area contributed by atoms with Gasteiger partial charge in [-0.25, -0.2) is 8.78 Å². The van der Waals surface area contributed by atoms with Crippen molar-refractivity contribution in [2.75, 3.05) is 63.7 Å². The minimum atomic E-state index is -0.892. The van der Waals surface area contributed by atoms with Crippen molar-refractivity contribution in [1.29, 1.82) is 5.26 Å². The summed E-state index contributed by atoms with van der Waals surface area (Å²) in [6, 6.07) is 8.35. The molecule has 2 bridgehead atoms. The van der Waals surface area contributed by atoms with Gasteiger partial charge in [-0.1, -0.05) is 12.1 Å². The molecule has 0 aliphatic carbocycles. The summed E-state index contributed by atoms with van der Waals surface area (Å²) < 4.78 is 50.9. The van der Waals surface area contributed by atoms with E-state index in [0.29, 0.717) is 64.5 Å². The first kappa shape index (κ1) is 31.3. The van der Waals surface area contributed by atoms with Gasteiger partial charge in [0.25, 0.3) is 0 Å². The van der Waals surface area contributed by atoms with Crippen LogP contribution in [0.5, 0.6) is 6.01 Å². The van der Waals surface area contributed by atoms with E-state index in [0.717, 1.165) is 67.7 Å². The second-order valence-corrected chi connectivity index (χ2v) is 15.3. The van der Waals surface area contributed by atoms with Gasteiger partial charge < -0.3 is 24.8 Å². The number of alkyl halides is 1. The fraction of sp³-hybridized carbons (Fsp3) is 0.528. The van der Waals surface area contributed by atoms with Crippen LogP contribution in [0.3, 0.4) is 0 Å². The molecule has 5 aliphatic rings. The first-order chi connectivity index (χ1) is 23.9. The Kier molecular flexibility index (Phi) is 7.66. The van der Waals surface area contributed by atoms with Crippen LogP contribution in [0.2, 0.25) is 0 Å². The van der Waals surface area contributed by atoms with E-state index in [4.69, 9.17) is 29.9 Å². The van der Waals surface area contributed by atoms with Crippen LogP contribution in [0.25, 0.3) is 32.1 Å². The average molecular weight is 688 g/mol. The SMILES string of the molecule is COCCN1CC2CCC(C1)N2c1nc(OC[C@@]23CCCN2C[C@H](F)C3)nc2c(F)c(-c3cccc4sc(N)c(C#N)c34)c3c(c12)COC3. The Labute approximate surface area is 287 Å². The Morgan fingerprint density at radius 2 is 1.96 bits per heavy atom. The van der Waals surface area contributed by atoms with Crippen molar-refractivity contribution in [1.82, 2.24) is 19.8 Å². The van der Waals surface area contributed by atoms with Crippen LogP contribution in [-0.4, -0.2) is 96.6 Å². The van der Waals surface area contributed by atoms with Gasteiger partial charge in [-0.15, -0.1) is 11.3 Å². The van der Waals surface area contributed by atoms with Crippen molar-refractivity contribution in [3.8, 4) is 23.2 Å². The maximum atomic E-state index is 17.5. The number of nitrogens with two attached hydrogens (primary N) is 1. The molecular weight excluding hydrogens is 649 g/mol. The second-order valence-electron chi connectivity index (χ2n) is 14.2. The molecule has 49 heavy (non-hydrogen) atoms. The van der Waals surface area contributed by atoms with Crippen LogP contribution >= 0.6 is 11.3 Å². The summed E-state index contributed by atoms with van der Waals surface area (Å²) in [6.07, 6.45) is 3.37. The number of thiophene rings is 1. The van der Waals surface area contributed by atoms with Gasteiger partial charge in [0.1, 0.15) is 35.2 Å². The van der Waals surface area contributed by atoms with Crippen LogP contribution < -0.4 is 15.4 Å². The highest BCUT2D eigenvalue weighted by molar-refractivity contribution is 7.23. The molecule has 0 amide bonds. The number of rotatable bonds is 8. The lowest BCUT2D eigenvalue weighted by atomic mass is 9.90. The van der Waals surface area contributed by atoms with Crippen molar-refractivity contribution < 1.29 is 23.0 Å². The van der Waals surface area contributed by atoms with Crippen molar-refractivity contribution in [2.45, 2.75) is 69.1 Å². The van der Waals surface area contributed by atoms with Crippen LogP contribution in [0, 0.1) is 17.1 Å². The quantitative estimate of drug-likeness (QED) is 0.259. The van der Waals surface area contributed by atoms with Gasteiger partial charge in [0.2, 0.25) is 0 Å². The number of likely N-dealkylation sites (tertiary alicyclic amines) is 1. The molecule has 2 N–H and O–H groups in total. The summed E-state index contributed by atoms with van der Waals surface area (Å²) in [5.74, 6) is 0.183. The number of anilines is 2. The molecule has 2 aromatic carbocycles. The Hall–Kier alpha value is -3.67. The van der Waals surface area contributed by atoms with E-state index in [9.17, 15) is 9.65 Å². The molecule has 0 saturated carbocycles. The highest BCUT2D eigenvalue weighted by Crippen LogP contribution is 2.48. The topological polar surface area (TPSA) is 113 Å². The average Bonchev–Trinajstić information content (AvgIpc) is 3.90. The molecule has 4 fully saturated rings. The monoisotopic (exact) mass is 687 g/mol. The lowest BCUT2D eigenvalue weighted by molar-refractivity contribution is 0.107. The second kappa shape index (κ2) is 12.0. The number of nitrogen functional groups attached to an aromatic ring is 1. The number of halogens is 2. The Bertz CT molecular complexity index is 2000. The normalized spacial score (nSPS) is 26.6. The van der Waals surface area contributed by atoms with E-state index >= 15 is 4.39 Å². The Balaban J connectivity index is 1.22. The van der Waals surface area contributed by atoms with Gasteiger partial charge in [0.15, 0.2) is 5.82 Å². The van der Waals surface area contributed by atoms with Gasteiger partial charge in [-0.05, 0) is 55.0 Å². The fourth-order valence-corrected chi connectivity index (χ4v) is 10.3. The van der Waals surface area contributed by atoms with Crippen LogP contribution in [0.15, 0.2) is 18.2 Å². The Morgan fingerprint density at radius 3 is 2.76 bits per heavy atom. The number of methoxy groups -OCH3 is 1. The van der Waals surface area contributed by atoms with E-state index in [-0.39, 0.29) is 36.8 Å². The molecule has 0 radical (unpaired) electrons. The molecule has 2 aromatic heterocycles. The predicted molar refractivity (Wildman–Crippen MR) is 184 cm³/mol. The molecule has 13 heteroatoms. The lowest BCUT2D eigenvalue weighted by Gasteiger charge is -2.42. The number of fused-ring (bicyclic) bond motifs is 7. The third-order valence-corrected chi connectivity index (χ3v) is 12.5. The van der Waals surface area contributed by atoms with Gasteiger partial charge in [-0.2, -0.15) is 15.2 Å². The molecule has 5 aliphatic heterocycles. The van der Waals surface area contributed by atoms with E-state index < -0.39 is 17.5 Å². The van der Waals surface area contributed by atoms with Crippen molar-refractivity contribution in [3.63, 3.8) is 0 Å². The predicted octanol–water partition coefficient (Wildman–Crippen LogP) is 5.39. The minimum absolute atomic E-state index is 0.103. The van der Waals surface area contributed by atoms with Crippen LogP contribution in [0.4, 0.5) is 19.6 Å². The molecule has 256 valence electrons. The number of aromatic nitrogens is 2. The van der Waals surface area contributed by atoms with Crippen molar-refractivity contribution in [2.24, 2.45) is 0 Å². The smallest absolute Gasteiger partial charge is 0.319 e. The minimum Gasteiger partial charge on any atom is -0.461 e. The molecule has 2 unspecified atom stereocenters. The van der Waals surface area contributed by atoms with Gasteiger partial charge >= 0.3 is 6.01 Å². The highest BCUT2D eigenvalue weighted by atomic mass is 32.1. The van der Waals surface area contributed by atoms with Crippen LogP contribution in [0.1, 0.15) is 48.8 Å². The third-order valence-electron chi connectivity index (χ3n) is 11.5. The lowest BCUT2D eigenvalue weighted by Crippen LogP contribution is -2.54. The standard InChI is InChI=1S/C36H39F2N7O3S/c1-46-11-10-43-15-21-6-7-22(16-43)45(21)34-30-26-18-47-17-25(26)29(23-4-2-5-27-28(23)24(13-39)33(40)49-27)31(38)32(30)41-35(42-34)48-19-36-8-3-9-44(36)14-20(37)12-36/h2,4-5,20-22H,3,6-12,14-19,40H2,1H3/t20-,21?,22?,36+/m1/s1. The number of nitrogens with zero attached hydrogens (tertiary/aromatic N) is 6. The van der Waals surface area contributed by atoms with Gasteiger partial charge in [0, 0.05) is 67.4 Å². The summed E-state index contributed by atoms with van der Waals surface area (Å²) in [6.45, 7) is 5.27. The maximum Gasteiger partial charge on any atom is 0.319 e.